The van der Waals surface area contributed by atoms with Gasteiger partial charge in [0.1, 0.15) is 5.57 Å². The molecule has 0 unspecified atom stereocenters. The zero-order chi connectivity index (χ0) is 19.3. The smallest absolute Gasteiger partial charge is 0.355 e. The molecule has 0 saturated heterocycles. The fourth-order valence-electron chi connectivity index (χ4n) is 2.35. The topological polar surface area (TPSA) is 79.2 Å². The first-order valence-corrected chi connectivity index (χ1v) is 7.95. The van der Waals surface area contributed by atoms with E-state index < -0.39 is 17.3 Å². The van der Waals surface area contributed by atoms with E-state index in [4.69, 9.17) is 11.6 Å². The van der Waals surface area contributed by atoms with Gasteiger partial charge in [-0.15, -0.1) is 0 Å². The van der Waals surface area contributed by atoms with Crippen LogP contribution in [0.3, 0.4) is 0 Å². The molecule has 2 aromatic carbocycles. The lowest BCUT2D eigenvalue weighted by Crippen LogP contribution is -2.15. The number of anilines is 2. The maximum Gasteiger partial charge on any atom is 0.382 e. The molecular formula is C19H14ClFN2O3. The Morgan fingerprint density at radius 2 is 2.08 bits per heavy atom. The van der Waals surface area contributed by atoms with Gasteiger partial charge in [-0.2, -0.15) is 5.26 Å². The lowest BCUT2D eigenvalue weighted by atomic mass is 9.97. The first-order valence-electron chi connectivity index (χ1n) is 7.58. The molecule has 2 rings (SSSR count). The molecule has 7 heteroatoms. The van der Waals surface area contributed by atoms with E-state index in [-0.39, 0.29) is 16.8 Å². The van der Waals surface area contributed by atoms with Crippen LogP contribution in [-0.2, 0) is 16.2 Å². The van der Waals surface area contributed by atoms with E-state index in [0.29, 0.717) is 10.7 Å². The molecule has 0 bridgehead atoms. The second-order valence-electron chi connectivity index (χ2n) is 5.30. The van der Waals surface area contributed by atoms with Crippen LogP contribution in [-0.4, -0.2) is 11.8 Å². The van der Waals surface area contributed by atoms with Crippen LogP contribution in [0.5, 0.6) is 0 Å². The van der Waals surface area contributed by atoms with Crippen molar-refractivity contribution in [2.75, 3.05) is 5.32 Å². The largest absolute Gasteiger partial charge is 0.382 e. The summed E-state index contributed by atoms with van der Waals surface area (Å²) in [7, 11) is 0. The molecule has 0 atom stereocenters. The molecule has 0 saturated carbocycles. The van der Waals surface area contributed by atoms with Crippen molar-refractivity contribution in [3.8, 4) is 6.07 Å². The number of carbonyl (C=O) groups excluding carboxylic acids is 2. The number of benzene rings is 2. The first-order chi connectivity index (χ1) is 12.4. The van der Waals surface area contributed by atoms with Gasteiger partial charge in [-0.25, -0.2) is 9.74 Å². The minimum atomic E-state index is -1.51. The van der Waals surface area contributed by atoms with Gasteiger partial charge in [0.2, 0.25) is 5.78 Å². The number of rotatable bonds is 6. The van der Waals surface area contributed by atoms with Gasteiger partial charge in [0.05, 0.1) is 22.9 Å². The van der Waals surface area contributed by atoms with Gasteiger partial charge in [0.25, 0.3) is 0 Å². The molecule has 0 fully saturated rings. The van der Waals surface area contributed by atoms with Crippen molar-refractivity contribution in [2.24, 2.45) is 0 Å². The van der Waals surface area contributed by atoms with E-state index in [1.807, 2.05) is 19.1 Å². The Bertz CT molecular complexity index is 935. The van der Waals surface area contributed by atoms with Crippen molar-refractivity contribution in [1.82, 2.24) is 0 Å². The Balaban J connectivity index is 2.48. The average molecular weight is 373 g/mol. The Morgan fingerprint density at radius 1 is 1.35 bits per heavy atom. The fourth-order valence-corrected chi connectivity index (χ4v) is 2.67. The van der Waals surface area contributed by atoms with Crippen LogP contribution in [0.25, 0.3) is 0 Å². The third-order valence-corrected chi connectivity index (χ3v) is 4.07. The Morgan fingerprint density at radius 3 is 2.65 bits per heavy atom. The highest BCUT2D eigenvalue weighted by molar-refractivity contribution is 6.31. The van der Waals surface area contributed by atoms with Crippen LogP contribution in [0.15, 0.2) is 48.6 Å². The normalized spacial score (nSPS) is 9.92. The number of nitrogens with one attached hydrogen (secondary N) is 1. The van der Waals surface area contributed by atoms with Crippen LogP contribution in [0.1, 0.15) is 28.4 Å². The molecule has 0 aliphatic rings. The Kier molecular flexibility index (Phi) is 6.10. The summed E-state index contributed by atoms with van der Waals surface area (Å²) < 4.78 is 12.1. The highest BCUT2D eigenvalue weighted by Crippen LogP contribution is 2.29. The summed E-state index contributed by atoms with van der Waals surface area (Å²) >= 11 is 6.19. The molecule has 0 amide bonds. The number of hydrogen-bond acceptors (Lipinski definition) is 5. The van der Waals surface area contributed by atoms with Crippen molar-refractivity contribution in [3.05, 3.63) is 70.3 Å². The summed E-state index contributed by atoms with van der Waals surface area (Å²) in [6.45, 7) is 5.21. The Hall–Kier alpha value is -3.17. The van der Waals surface area contributed by atoms with Crippen LogP contribution in [0, 0.1) is 11.3 Å². The van der Waals surface area contributed by atoms with Gasteiger partial charge in [-0.1, -0.05) is 37.2 Å². The molecule has 0 aromatic heterocycles. The van der Waals surface area contributed by atoms with E-state index in [9.17, 15) is 19.4 Å². The van der Waals surface area contributed by atoms with E-state index in [1.165, 1.54) is 6.07 Å². The third kappa shape index (κ3) is 3.90. The lowest BCUT2D eigenvalue weighted by molar-refractivity contribution is -0.177. The molecule has 0 aliphatic carbocycles. The van der Waals surface area contributed by atoms with Crippen LogP contribution < -0.4 is 5.32 Å². The van der Waals surface area contributed by atoms with Gasteiger partial charge in [0.15, 0.2) is 0 Å². The van der Waals surface area contributed by atoms with Gasteiger partial charge < -0.3 is 5.32 Å². The third-order valence-electron chi connectivity index (χ3n) is 3.72. The summed E-state index contributed by atoms with van der Waals surface area (Å²) in [6, 6.07) is 11.7. The molecule has 5 nitrogen and oxygen atoms in total. The predicted molar refractivity (Wildman–Crippen MR) is 95.9 cm³/mol. The maximum absolute atomic E-state index is 12.5. The van der Waals surface area contributed by atoms with Crippen molar-refractivity contribution in [3.63, 3.8) is 0 Å². The summed E-state index contributed by atoms with van der Waals surface area (Å²) in [5.74, 6) is -2.42. The average Bonchev–Trinajstić information content (AvgIpc) is 2.66. The number of aryl methyl sites for hydroxylation is 1. The number of Topliss-reactive ketones (excluding diaryl/α,β-unsaturated/α-hetero) is 1. The van der Waals surface area contributed by atoms with Crippen molar-refractivity contribution >= 4 is 34.7 Å². The molecule has 0 radical (unpaired) electrons. The second kappa shape index (κ2) is 8.28. The van der Waals surface area contributed by atoms with Crippen molar-refractivity contribution < 1.29 is 19.1 Å². The molecule has 26 heavy (non-hydrogen) atoms. The second-order valence-corrected chi connectivity index (χ2v) is 5.70. The molecule has 0 heterocycles. The zero-order valence-corrected chi connectivity index (χ0v) is 14.6. The van der Waals surface area contributed by atoms with Gasteiger partial charge in [-0.05, 0) is 36.2 Å². The monoisotopic (exact) mass is 372 g/mol. The van der Waals surface area contributed by atoms with E-state index >= 15 is 0 Å². The van der Waals surface area contributed by atoms with Crippen LogP contribution in [0.4, 0.5) is 15.9 Å². The zero-order valence-electron chi connectivity index (χ0n) is 13.8. The predicted octanol–water partition coefficient (Wildman–Crippen LogP) is 4.68. The van der Waals surface area contributed by atoms with E-state index in [0.717, 1.165) is 12.0 Å². The standard InChI is InChI=1S/C19H14ClFN2O3/c1-3-12-7-8-14(9-15(12)20)23-16-6-4-5-13(10-22)17(16)18(24)11(2)19(25)26-21/h4-9,23H,2-3H2,1H3. The van der Waals surface area contributed by atoms with Gasteiger partial charge in [-0.3, -0.25) is 4.79 Å². The number of nitriles is 1. The molecule has 0 aliphatic heterocycles. The molecule has 132 valence electrons. The highest BCUT2D eigenvalue weighted by atomic mass is 35.5. The van der Waals surface area contributed by atoms with Crippen LogP contribution >= 0.6 is 11.6 Å². The number of carbonyl (C=O) groups is 2. The summed E-state index contributed by atoms with van der Waals surface area (Å²) in [6.07, 6.45) is 0.762. The Labute approximate surface area is 154 Å². The van der Waals surface area contributed by atoms with Gasteiger partial charge >= 0.3 is 5.97 Å². The minimum Gasteiger partial charge on any atom is -0.355 e. The highest BCUT2D eigenvalue weighted by Gasteiger charge is 2.25. The molecule has 0 spiro atoms. The first kappa shape index (κ1) is 19.2. The molecule has 2 aromatic rings. The van der Waals surface area contributed by atoms with Crippen LogP contribution in [0.2, 0.25) is 5.02 Å². The number of nitrogens with zero attached hydrogens (tertiary/aromatic N) is 1. The minimum absolute atomic E-state index is 0.00378. The van der Waals surface area contributed by atoms with E-state index in [1.54, 1.807) is 24.3 Å². The molecular weight excluding hydrogens is 359 g/mol. The summed E-state index contributed by atoms with van der Waals surface area (Å²) in [5, 5.41) is 12.8. The number of ketones is 1. The number of hydrogen-bond donors (Lipinski definition) is 1. The quantitative estimate of drug-likeness (QED) is 0.344. The fraction of sp³-hybridized carbons (Fsp3) is 0.105. The van der Waals surface area contributed by atoms with Crippen molar-refractivity contribution in [1.29, 1.82) is 5.26 Å². The van der Waals surface area contributed by atoms with E-state index in [2.05, 4.69) is 16.8 Å². The maximum atomic E-state index is 12.5. The number of halogens is 2. The van der Waals surface area contributed by atoms with Crippen molar-refractivity contribution in [2.45, 2.75) is 13.3 Å². The van der Waals surface area contributed by atoms with Gasteiger partial charge in [0, 0.05) is 15.2 Å². The summed E-state index contributed by atoms with van der Waals surface area (Å²) in [5.41, 5.74) is 0.957. The summed E-state index contributed by atoms with van der Waals surface area (Å²) in [4.78, 5) is 26.8. The lowest BCUT2D eigenvalue weighted by Gasteiger charge is -2.14. The molecule has 1 N–H and O–H groups in total. The SMILES string of the molecule is C=C(C(=O)OF)C(=O)c1c(C#N)cccc1Nc1ccc(CC)c(Cl)c1.